The Morgan fingerprint density at radius 3 is 2.68 bits per heavy atom. The molecule has 1 fully saturated rings. The van der Waals surface area contributed by atoms with Crippen molar-refractivity contribution in [3.8, 4) is 5.88 Å². The highest BCUT2D eigenvalue weighted by molar-refractivity contribution is 7.17. The molecule has 7 nitrogen and oxygen atoms in total. The molecule has 25 heavy (non-hydrogen) atoms. The van der Waals surface area contributed by atoms with Crippen LogP contribution in [0.3, 0.4) is 0 Å². The number of anilines is 2. The van der Waals surface area contributed by atoms with Gasteiger partial charge in [-0.1, -0.05) is 0 Å². The van der Waals surface area contributed by atoms with E-state index in [9.17, 15) is 0 Å². The fourth-order valence-electron chi connectivity index (χ4n) is 2.94. The van der Waals surface area contributed by atoms with Crippen molar-refractivity contribution in [2.75, 3.05) is 36.0 Å². The van der Waals surface area contributed by atoms with Gasteiger partial charge in [0, 0.05) is 26.2 Å². The van der Waals surface area contributed by atoms with E-state index < -0.39 is 0 Å². The van der Waals surface area contributed by atoms with Crippen molar-refractivity contribution in [2.45, 2.75) is 20.0 Å². The van der Waals surface area contributed by atoms with E-state index in [0.29, 0.717) is 5.88 Å². The highest BCUT2D eigenvalue weighted by atomic mass is 32.1. The van der Waals surface area contributed by atoms with Gasteiger partial charge in [-0.05, 0) is 25.3 Å². The van der Waals surface area contributed by atoms with Crippen LogP contribution in [0.2, 0.25) is 0 Å². The number of fused-ring (bicyclic) bond motifs is 1. The zero-order chi connectivity index (χ0) is 17.2. The Labute approximate surface area is 150 Å². The molecule has 1 saturated heterocycles. The van der Waals surface area contributed by atoms with Gasteiger partial charge in [0.05, 0.1) is 28.7 Å². The second-order valence-electron chi connectivity index (χ2n) is 6.19. The molecule has 1 aliphatic rings. The van der Waals surface area contributed by atoms with Gasteiger partial charge in [-0.2, -0.15) is 4.98 Å². The van der Waals surface area contributed by atoms with Crippen LogP contribution in [0.15, 0.2) is 30.2 Å². The maximum atomic E-state index is 5.65. The van der Waals surface area contributed by atoms with Crippen molar-refractivity contribution in [3.05, 3.63) is 30.2 Å². The van der Waals surface area contributed by atoms with E-state index in [2.05, 4.69) is 35.1 Å². The minimum atomic E-state index is 0.0902. The molecule has 3 aromatic rings. The molecule has 0 spiro atoms. The predicted octanol–water partition coefficient (Wildman–Crippen LogP) is 2.60. The molecule has 0 saturated carbocycles. The van der Waals surface area contributed by atoms with Crippen molar-refractivity contribution >= 4 is 33.2 Å². The average molecular weight is 356 g/mol. The Kier molecular flexibility index (Phi) is 4.35. The molecular weight excluding hydrogens is 336 g/mol. The van der Waals surface area contributed by atoms with Crippen LogP contribution < -0.4 is 14.5 Å². The summed E-state index contributed by atoms with van der Waals surface area (Å²) in [5, 5.41) is 2.06. The van der Waals surface area contributed by atoms with Crippen molar-refractivity contribution < 1.29 is 4.74 Å². The first kappa shape index (κ1) is 16.0. The lowest BCUT2D eigenvalue weighted by molar-refractivity contribution is 0.231. The minimum absolute atomic E-state index is 0.0902. The lowest BCUT2D eigenvalue weighted by Gasteiger charge is -2.36. The van der Waals surface area contributed by atoms with Gasteiger partial charge in [0.15, 0.2) is 5.82 Å². The summed E-state index contributed by atoms with van der Waals surface area (Å²) in [5.74, 6) is 2.47. The molecule has 4 rings (SSSR count). The molecule has 3 aromatic heterocycles. The number of hydrogen-bond acceptors (Lipinski definition) is 8. The summed E-state index contributed by atoms with van der Waals surface area (Å²) in [6.45, 7) is 7.50. The molecule has 0 radical (unpaired) electrons. The van der Waals surface area contributed by atoms with Gasteiger partial charge in [-0.25, -0.2) is 9.97 Å². The molecule has 0 aliphatic carbocycles. The molecule has 1 aliphatic heterocycles. The fraction of sp³-hybridized carbons (Fsp3) is 0.412. The monoisotopic (exact) mass is 356 g/mol. The number of nitrogens with zero attached hydrogens (tertiary/aromatic N) is 6. The number of piperazine rings is 1. The quantitative estimate of drug-likeness (QED) is 0.712. The zero-order valence-electron chi connectivity index (χ0n) is 14.3. The van der Waals surface area contributed by atoms with Crippen LogP contribution in [-0.2, 0) is 0 Å². The Morgan fingerprint density at radius 2 is 1.88 bits per heavy atom. The summed E-state index contributed by atoms with van der Waals surface area (Å²) in [6, 6.07) is 2.04. The van der Waals surface area contributed by atoms with Gasteiger partial charge in [-0.3, -0.25) is 4.98 Å². The fourth-order valence-corrected chi connectivity index (χ4v) is 3.80. The molecular formula is C17H20N6OS. The van der Waals surface area contributed by atoms with Crippen LogP contribution in [0.4, 0.5) is 11.6 Å². The van der Waals surface area contributed by atoms with Gasteiger partial charge in [0.2, 0.25) is 5.88 Å². The third-order valence-electron chi connectivity index (χ3n) is 4.08. The van der Waals surface area contributed by atoms with Crippen LogP contribution in [-0.4, -0.2) is 52.2 Å². The summed E-state index contributed by atoms with van der Waals surface area (Å²) < 4.78 is 6.80. The molecule has 0 N–H and O–H groups in total. The van der Waals surface area contributed by atoms with Gasteiger partial charge in [0.25, 0.3) is 0 Å². The second kappa shape index (κ2) is 6.79. The van der Waals surface area contributed by atoms with E-state index in [1.54, 1.807) is 30.1 Å². The van der Waals surface area contributed by atoms with Gasteiger partial charge in [0.1, 0.15) is 12.1 Å². The first-order valence-corrected chi connectivity index (χ1v) is 9.25. The van der Waals surface area contributed by atoms with Crippen molar-refractivity contribution in [1.29, 1.82) is 0 Å². The first-order valence-electron chi connectivity index (χ1n) is 8.37. The van der Waals surface area contributed by atoms with Crippen molar-refractivity contribution in [3.63, 3.8) is 0 Å². The standard InChI is InChI=1S/C17H20N6OS/c1-12(2)24-15-10-18-9-14(21-15)22-4-6-23(7-5-22)17-16-13(3-8-25-16)19-11-20-17/h3,8-12H,4-7H2,1-2H3. The topological polar surface area (TPSA) is 67.3 Å². The molecule has 4 heterocycles. The lowest BCUT2D eigenvalue weighted by Crippen LogP contribution is -2.47. The van der Waals surface area contributed by atoms with Gasteiger partial charge in [-0.15, -0.1) is 11.3 Å². The summed E-state index contributed by atoms with van der Waals surface area (Å²) in [5.41, 5.74) is 1.02. The SMILES string of the molecule is CC(C)Oc1cncc(N2CCN(c3ncnc4ccsc34)CC2)n1. The van der Waals surface area contributed by atoms with Crippen LogP contribution in [0.25, 0.3) is 10.2 Å². The van der Waals surface area contributed by atoms with Crippen LogP contribution in [0.1, 0.15) is 13.8 Å². The summed E-state index contributed by atoms with van der Waals surface area (Å²) in [7, 11) is 0. The summed E-state index contributed by atoms with van der Waals surface area (Å²) in [4.78, 5) is 22.2. The maximum Gasteiger partial charge on any atom is 0.234 e. The number of rotatable bonds is 4. The van der Waals surface area contributed by atoms with Gasteiger partial charge < -0.3 is 14.5 Å². The molecule has 0 bridgehead atoms. The van der Waals surface area contributed by atoms with Crippen LogP contribution in [0, 0.1) is 0 Å². The van der Waals surface area contributed by atoms with Crippen LogP contribution in [0.5, 0.6) is 5.88 Å². The van der Waals surface area contributed by atoms with Crippen molar-refractivity contribution in [2.24, 2.45) is 0 Å². The first-order chi connectivity index (χ1) is 12.2. The predicted molar refractivity (Wildman–Crippen MR) is 99.6 cm³/mol. The van der Waals surface area contributed by atoms with E-state index in [4.69, 9.17) is 4.74 Å². The molecule has 8 heteroatoms. The van der Waals surface area contributed by atoms with E-state index in [-0.39, 0.29) is 6.10 Å². The molecule has 0 aromatic carbocycles. The van der Waals surface area contributed by atoms with Crippen LogP contribution >= 0.6 is 11.3 Å². The number of thiophene rings is 1. The lowest BCUT2D eigenvalue weighted by atomic mass is 10.3. The molecule has 0 amide bonds. The normalized spacial score (nSPS) is 15.2. The summed E-state index contributed by atoms with van der Waals surface area (Å²) in [6.07, 6.45) is 5.20. The Morgan fingerprint density at radius 1 is 1.08 bits per heavy atom. The second-order valence-corrected chi connectivity index (χ2v) is 7.10. The molecule has 130 valence electrons. The Balaban J connectivity index is 1.47. The molecule has 0 atom stereocenters. The highest BCUT2D eigenvalue weighted by Gasteiger charge is 2.21. The number of hydrogen-bond donors (Lipinski definition) is 0. The third kappa shape index (κ3) is 3.34. The smallest absolute Gasteiger partial charge is 0.234 e. The van der Waals surface area contributed by atoms with Gasteiger partial charge >= 0.3 is 0 Å². The number of aromatic nitrogens is 4. The Hall–Kier alpha value is -2.48. The van der Waals surface area contributed by atoms with E-state index >= 15 is 0 Å². The van der Waals surface area contributed by atoms with E-state index in [1.165, 1.54) is 0 Å². The zero-order valence-corrected chi connectivity index (χ0v) is 15.1. The van der Waals surface area contributed by atoms with Crippen molar-refractivity contribution in [1.82, 2.24) is 19.9 Å². The maximum absolute atomic E-state index is 5.65. The van der Waals surface area contributed by atoms with E-state index in [1.807, 2.05) is 19.9 Å². The average Bonchev–Trinajstić information content (AvgIpc) is 3.10. The molecule has 0 unspecified atom stereocenters. The summed E-state index contributed by atoms with van der Waals surface area (Å²) >= 11 is 1.69. The largest absolute Gasteiger partial charge is 0.474 e. The number of ether oxygens (including phenoxy) is 1. The Bertz CT molecular complexity index is 859. The highest BCUT2D eigenvalue weighted by Crippen LogP contribution is 2.29. The third-order valence-corrected chi connectivity index (χ3v) is 4.98. The van der Waals surface area contributed by atoms with E-state index in [0.717, 1.165) is 48.0 Å². The minimum Gasteiger partial charge on any atom is -0.474 e.